The first-order valence-electron chi connectivity index (χ1n) is 28.8. The Bertz CT molecular complexity index is 2660. The van der Waals surface area contributed by atoms with Gasteiger partial charge >= 0.3 is 0 Å². The highest BCUT2D eigenvalue weighted by Gasteiger charge is 2.40. The van der Waals surface area contributed by atoms with Gasteiger partial charge in [-0.25, -0.2) is 0 Å². The minimum absolute atomic E-state index is 0.0143. The second-order valence-corrected chi connectivity index (χ2v) is 24.2. The first-order chi connectivity index (χ1) is 41.0. The van der Waals surface area contributed by atoms with E-state index in [1.165, 1.54) is 21.6 Å². The van der Waals surface area contributed by atoms with Gasteiger partial charge in [-0.15, -0.1) is 0 Å². The lowest BCUT2D eigenvalue weighted by molar-refractivity contribution is -0.136. The number of nitrogens with one attached hydrogen (secondary N) is 9. The predicted molar refractivity (Wildman–Crippen MR) is 329 cm³/mol. The molecule has 1 spiro atoms. The van der Waals surface area contributed by atoms with Gasteiger partial charge in [0.1, 0.15) is 42.0 Å². The minimum Gasteiger partial charge on any atom is -0.494 e. The van der Waals surface area contributed by atoms with Crippen molar-refractivity contribution in [3.63, 3.8) is 0 Å². The third kappa shape index (κ3) is 25.8. The molecule has 2 aromatic carbocycles. The van der Waals surface area contributed by atoms with Crippen LogP contribution in [0.15, 0.2) is 64.6 Å². The molecule has 2 aromatic rings. The maximum absolute atomic E-state index is 14.7. The Morgan fingerprint density at radius 3 is 1.88 bits per heavy atom. The number of carbonyl (C=O) groups is 10. The van der Waals surface area contributed by atoms with Gasteiger partial charge in [0.2, 0.25) is 59.1 Å². The van der Waals surface area contributed by atoms with E-state index in [1.54, 1.807) is 68.4 Å². The van der Waals surface area contributed by atoms with E-state index in [4.69, 9.17) is 39.1 Å². The summed E-state index contributed by atoms with van der Waals surface area (Å²) in [4.78, 5) is 147. The number of benzene rings is 2. The summed E-state index contributed by atoms with van der Waals surface area (Å²) in [5.41, 5.74) is 34.7. The summed E-state index contributed by atoms with van der Waals surface area (Å²) < 4.78 is 4.89. The zero-order valence-electron chi connectivity index (χ0n) is 49.1. The highest BCUT2D eigenvalue weighted by Crippen LogP contribution is 2.48. The van der Waals surface area contributed by atoms with Crippen LogP contribution in [0.5, 0.6) is 5.75 Å². The van der Waals surface area contributed by atoms with Gasteiger partial charge in [0, 0.05) is 55.9 Å². The molecule has 2 fully saturated rings. The van der Waals surface area contributed by atoms with Gasteiger partial charge < -0.3 is 87.0 Å². The number of rotatable bonds is 26. The first-order valence-corrected chi connectivity index (χ1v) is 31.1. The van der Waals surface area contributed by atoms with Crippen molar-refractivity contribution in [1.29, 1.82) is 0 Å². The lowest BCUT2D eigenvalue weighted by Crippen LogP contribution is -2.61. The van der Waals surface area contributed by atoms with E-state index < -0.39 is 125 Å². The lowest BCUT2D eigenvalue weighted by atomic mass is 9.85. The number of nitrogens with two attached hydrogens (primary N) is 6. The second-order valence-electron chi connectivity index (χ2n) is 21.4. The van der Waals surface area contributed by atoms with E-state index in [0.29, 0.717) is 55.7 Å². The van der Waals surface area contributed by atoms with E-state index in [9.17, 15) is 47.9 Å². The number of hydrogen-bond acceptors (Lipinski definition) is 16. The van der Waals surface area contributed by atoms with Crippen molar-refractivity contribution in [2.75, 3.05) is 45.1 Å². The normalized spacial score (nSPS) is 20.4. The van der Waals surface area contributed by atoms with Gasteiger partial charge in [-0.3, -0.25) is 57.9 Å². The Hall–Kier alpha value is -7.86. The highest BCUT2D eigenvalue weighted by atomic mass is 33.1. The molecule has 10 amide bonds. The minimum atomic E-state index is -1.70. The number of primary amides is 1. The van der Waals surface area contributed by atoms with Crippen LogP contribution in [0.3, 0.4) is 0 Å². The molecule has 1 heterocycles. The van der Waals surface area contributed by atoms with Gasteiger partial charge in [-0.2, -0.15) is 0 Å². The smallest absolute Gasteiger partial charge is 0.244 e. The number of nitrogens with zero attached hydrogens (tertiary/aromatic N) is 2. The Morgan fingerprint density at radius 2 is 1.27 bits per heavy atom. The van der Waals surface area contributed by atoms with Crippen molar-refractivity contribution in [2.45, 2.75) is 151 Å². The Labute approximate surface area is 509 Å². The number of amides is 10. The molecule has 2 aliphatic rings. The number of guanidine groups is 2. The van der Waals surface area contributed by atoms with E-state index in [2.05, 4.69) is 57.8 Å². The summed E-state index contributed by atoms with van der Waals surface area (Å²) >= 11 is 0. The molecule has 0 unspecified atom stereocenters. The Morgan fingerprint density at radius 1 is 0.686 bits per heavy atom. The first kappa shape index (κ1) is 70.6. The molecule has 0 radical (unpaired) electrons. The molecule has 86 heavy (non-hydrogen) atoms. The van der Waals surface area contributed by atoms with Crippen molar-refractivity contribution >= 4 is 92.6 Å². The monoisotopic (exact) mass is 1240 g/mol. The van der Waals surface area contributed by atoms with Gasteiger partial charge in [0.15, 0.2) is 11.9 Å². The molecule has 1 saturated heterocycles. The standard InChI is InChI=1S/C56H87N17O11S2/c1-4-84-36-19-17-35(18-20-36)28-39-49(79)70-40(27-34-13-7-5-8-14-34)51(81)73-46(33(2)3)53(83)71-41(29-43(58)74)50(80)72-42(32-85-86-56(30-44(75)68-39)21-9-6-10-22-56)52(82)69-38(16-12-24-66-55(61)62)48(78)67-31-45(76)63-25-26-64-47(77)37(57)15-11-23-65-54(59)60/h5,7-8,13-14,17-20,33,37-42,46H,4,6,9-12,15-16,21-32,57H2,1-3H3,(H2,58,74)(H,63,76)(H,64,77)(H,67,78)(H,68,75)(H,69,82)(H,70,79)(H,71,83)(H,72,80)(H,73,81)(H4,59,60,65)(H4,61,62,66)/t37-,38-,39-,40-,41-,42-,46+/m1/s1. The third-order valence-electron chi connectivity index (χ3n) is 13.9. The Balaban J connectivity index is 1.67. The molecule has 28 nitrogen and oxygen atoms in total. The van der Waals surface area contributed by atoms with Crippen LogP contribution in [-0.4, -0.2) is 163 Å². The van der Waals surface area contributed by atoms with E-state index in [-0.39, 0.29) is 69.4 Å². The molecule has 1 aliphatic carbocycles. The average Bonchev–Trinajstić information content (AvgIpc) is 3.64. The number of carbonyl (C=O) groups excluding carboxylic acids is 10. The summed E-state index contributed by atoms with van der Waals surface area (Å²) in [5, 5.41) is 24.1. The number of ether oxygens (including phenoxy) is 1. The molecule has 1 aliphatic heterocycles. The quantitative estimate of drug-likeness (QED) is 0.0202. The van der Waals surface area contributed by atoms with Gasteiger partial charge in [-0.1, -0.05) is 97.2 Å². The molecular formula is C56H87N17O11S2. The van der Waals surface area contributed by atoms with Gasteiger partial charge in [0.25, 0.3) is 0 Å². The molecule has 0 bridgehead atoms. The second kappa shape index (κ2) is 36.9. The van der Waals surface area contributed by atoms with E-state index in [1.807, 2.05) is 6.92 Å². The lowest BCUT2D eigenvalue weighted by Gasteiger charge is -2.36. The van der Waals surface area contributed by atoms with Gasteiger partial charge in [-0.05, 0) is 74.6 Å². The molecule has 1 saturated carbocycles. The van der Waals surface area contributed by atoms with Crippen LogP contribution in [0.25, 0.3) is 0 Å². The van der Waals surface area contributed by atoms with E-state index in [0.717, 1.165) is 19.3 Å². The molecular weight excluding hydrogens is 1150 g/mol. The van der Waals surface area contributed by atoms with Gasteiger partial charge in [0.05, 0.1) is 25.6 Å². The molecule has 30 heteroatoms. The number of aliphatic imine (C=N–C) groups is 2. The molecule has 0 aromatic heterocycles. The average molecular weight is 1240 g/mol. The summed E-state index contributed by atoms with van der Waals surface area (Å²) in [5.74, 6) is -8.13. The maximum atomic E-state index is 14.7. The maximum Gasteiger partial charge on any atom is 0.244 e. The van der Waals surface area contributed by atoms with Crippen LogP contribution >= 0.6 is 21.6 Å². The topological polar surface area (TPSA) is 469 Å². The van der Waals surface area contributed by atoms with E-state index >= 15 is 0 Å². The summed E-state index contributed by atoms with van der Waals surface area (Å²) in [6.07, 6.45) is 3.57. The molecule has 7 atom stereocenters. The van der Waals surface area contributed by atoms with Crippen LogP contribution in [0.2, 0.25) is 0 Å². The highest BCUT2D eigenvalue weighted by molar-refractivity contribution is 8.77. The summed E-state index contributed by atoms with van der Waals surface area (Å²) in [6.45, 7) is 5.33. The SMILES string of the molecule is CCOc1ccc(C[C@H]2NC(=O)CC3(CCCCC3)SSC[C@H](C(=O)N[C@H](CCCN=C(N)N)C(=O)NCC(=O)NCCNC(=O)[C@H](N)CCCN=C(N)N)NC(=O)[C@@H](CC(N)=O)NC(=O)[C@H](C(C)C)NC(=O)[C@@H](Cc3ccccc3)NC2=O)cc1. The number of hydrogen-bond donors (Lipinski definition) is 15. The van der Waals surface area contributed by atoms with Crippen molar-refractivity contribution in [3.8, 4) is 5.75 Å². The third-order valence-corrected chi connectivity index (χ3v) is 17.2. The van der Waals surface area contributed by atoms with Crippen LogP contribution in [0, 0.1) is 5.92 Å². The molecule has 474 valence electrons. The fourth-order valence-electron chi connectivity index (χ4n) is 9.40. The fraction of sp³-hybridized carbons (Fsp3) is 0.571. The van der Waals surface area contributed by atoms with Crippen molar-refractivity contribution in [1.82, 2.24) is 47.9 Å². The fourth-order valence-corrected chi connectivity index (χ4v) is 12.8. The van der Waals surface area contributed by atoms with Crippen LogP contribution in [-0.2, 0) is 60.8 Å². The zero-order valence-corrected chi connectivity index (χ0v) is 50.8. The molecule has 4 rings (SSSR count). The predicted octanol–water partition coefficient (Wildman–Crippen LogP) is -2.42. The molecule has 21 N–H and O–H groups in total. The van der Waals surface area contributed by atoms with Crippen molar-refractivity contribution < 1.29 is 52.7 Å². The summed E-state index contributed by atoms with van der Waals surface area (Å²) in [7, 11) is 2.50. The van der Waals surface area contributed by atoms with Crippen LogP contribution in [0.4, 0.5) is 0 Å². The Kier molecular flexibility index (Phi) is 30.3. The van der Waals surface area contributed by atoms with Crippen LogP contribution < -0.4 is 87.0 Å². The largest absolute Gasteiger partial charge is 0.494 e. The van der Waals surface area contributed by atoms with Crippen molar-refractivity contribution in [2.24, 2.45) is 50.3 Å². The zero-order chi connectivity index (χ0) is 63.2. The van der Waals surface area contributed by atoms with Crippen molar-refractivity contribution in [3.05, 3.63) is 65.7 Å². The van der Waals surface area contributed by atoms with Crippen LogP contribution in [0.1, 0.15) is 103 Å². The summed E-state index contributed by atoms with van der Waals surface area (Å²) in [6, 6.07) is 6.68.